The summed E-state index contributed by atoms with van der Waals surface area (Å²) in [6.45, 7) is 5.05. The molecule has 1 aromatic carbocycles. The van der Waals surface area contributed by atoms with Gasteiger partial charge >= 0.3 is 0 Å². The topological polar surface area (TPSA) is 59.1 Å². The molecular formula is C20H27ClN2O4. The van der Waals surface area contributed by atoms with E-state index in [1.165, 1.54) is 0 Å². The molecule has 6 nitrogen and oxygen atoms in total. The van der Waals surface area contributed by atoms with Gasteiger partial charge in [-0.1, -0.05) is 11.6 Å². The summed E-state index contributed by atoms with van der Waals surface area (Å²) < 4.78 is 10.7. The molecule has 0 bridgehead atoms. The first kappa shape index (κ1) is 20.0. The summed E-state index contributed by atoms with van der Waals surface area (Å²) in [6.07, 6.45) is 1.72. The maximum absolute atomic E-state index is 13.0. The molecule has 1 atom stereocenters. The standard InChI is InChI=1S/C20H27ClN2O4/c1-14(24)23-11-15(12-26-2)20(13-23)6-8-22(9-7-20)19(25)17-10-16(21)4-5-18(17)27-3/h4-5,10,15H,6-9,11-13H2,1-3H3. The lowest BCUT2D eigenvalue weighted by molar-refractivity contribution is -0.128. The number of carbonyl (C=O) groups is 2. The predicted octanol–water partition coefficient (Wildman–Crippen LogP) is 2.70. The number of hydrogen-bond donors (Lipinski definition) is 0. The second-order valence-corrected chi connectivity index (χ2v) is 7.99. The fourth-order valence-electron chi connectivity index (χ4n) is 4.44. The van der Waals surface area contributed by atoms with Crippen molar-refractivity contribution in [3.05, 3.63) is 28.8 Å². The van der Waals surface area contributed by atoms with Crippen molar-refractivity contribution in [1.29, 1.82) is 0 Å². The maximum Gasteiger partial charge on any atom is 0.257 e. The number of hydrogen-bond acceptors (Lipinski definition) is 4. The zero-order chi connectivity index (χ0) is 19.6. The van der Waals surface area contributed by atoms with Crippen molar-refractivity contribution in [2.45, 2.75) is 19.8 Å². The smallest absolute Gasteiger partial charge is 0.257 e. The fourth-order valence-corrected chi connectivity index (χ4v) is 4.62. The summed E-state index contributed by atoms with van der Waals surface area (Å²) in [5.41, 5.74) is 0.517. The Morgan fingerprint density at radius 1 is 1.22 bits per heavy atom. The summed E-state index contributed by atoms with van der Waals surface area (Å²) in [4.78, 5) is 28.7. The minimum absolute atomic E-state index is 0.0247. The van der Waals surface area contributed by atoms with E-state index in [2.05, 4.69) is 0 Å². The van der Waals surface area contributed by atoms with Crippen LogP contribution in [0.3, 0.4) is 0 Å². The molecule has 0 radical (unpaired) electrons. The molecule has 2 amide bonds. The van der Waals surface area contributed by atoms with Gasteiger partial charge in [-0.05, 0) is 36.5 Å². The monoisotopic (exact) mass is 394 g/mol. The van der Waals surface area contributed by atoms with E-state index in [1.807, 2.05) is 9.80 Å². The van der Waals surface area contributed by atoms with Gasteiger partial charge in [-0.2, -0.15) is 0 Å². The van der Waals surface area contributed by atoms with E-state index in [0.29, 0.717) is 41.9 Å². The molecule has 2 aliphatic rings. The lowest BCUT2D eigenvalue weighted by Gasteiger charge is -2.42. The van der Waals surface area contributed by atoms with Crippen molar-refractivity contribution in [2.75, 3.05) is 47.0 Å². The van der Waals surface area contributed by atoms with Gasteiger partial charge in [0.1, 0.15) is 5.75 Å². The number of ether oxygens (including phenoxy) is 2. The van der Waals surface area contributed by atoms with Crippen LogP contribution in [-0.4, -0.2) is 68.6 Å². The van der Waals surface area contributed by atoms with Crippen LogP contribution in [0.5, 0.6) is 5.75 Å². The Bertz CT molecular complexity index is 716. The van der Waals surface area contributed by atoms with Gasteiger partial charge in [0.15, 0.2) is 0 Å². The second-order valence-electron chi connectivity index (χ2n) is 7.55. The molecule has 0 aliphatic carbocycles. The van der Waals surface area contributed by atoms with Crippen LogP contribution in [0, 0.1) is 11.3 Å². The highest BCUT2D eigenvalue weighted by atomic mass is 35.5. The van der Waals surface area contributed by atoms with Gasteiger partial charge in [0, 0.05) is 51.2 Å². The predicted molar refractivity (Wildman–Crippen MR) is 103 cm³/mol. The number of amides is 2. The molecule has 2 saturated heterocycles. The average molecular weight is 395 g/mol. The molecule has 27 heavy (non-hydrogen) atoms. The Hall–Kier alpha value is -1.79. The molecule has 0 N–H and O–H groups in total. The third-order valence-corrected chi connectivity index (χ3v) is 6.30. The average Bonchev–Trinajstić information content (AvgIpc) is 3.00. The molecule has 3 rings (SSSR count). The highest BCUT2D eigenvalue weighted by molar-refractivity contribution is 6.31. The Morgan fingerprint density at radius 2 is 1.93 bits per heavy atom. The van der Waals surface area contributed by atoms with Crippen LogP contribution in [0.15, 0.2) is 18.2 Å². The molecule has 2 fully saturated rings. The summed E-state index contributed by atoms with van der Waals surface area (Å²) in [7, 11) is 3.25. The van der Waals surface area contributed by atoms with E-state index in [9.17, 15) is 9.59 Å². The van der Waals surface area contributed by atoms with Crippen LogP contribution in [0.1, 0.15) is 30.1 Å². The van der Waals surface area contributed by atoms with E-state index in [4.69, 9.17) is 21.1 Å². The van der Waals surface area contributed by atoms with Crippen molar-refractivity contribution in [3.8, 4) is 5.75 Å². The first-order valence-corrected chi connectivity index (χ1v) is 9.65. The quantitative estimate of drug-likeness (QED) is 0.787. The van der Waals surface area contributed by atoms with Gasteiger partial charge in [-0.3, -0.25) is 9.59 Å². The van der Waals surface area contributed by atoms with E-state index in [1.54, 1.807) is 39.3 Å². The van der Waals surface area contributed by atoms with Gasteiger partial charge in [-0.15, -0.1) is 0 Å². The summed E-state index contributed by atoms with van der Waals surface area (Å²) in [5, 5.41) is 0.515. The number of rotatable bonds is 4. The Morgan fingerprint density at radius 3 is 2.52 bits per heavy atom. The fraction of sp³-hybridized carbons (Fsp3) is 0.600. The number of benzene rings is 1. The highest BCUT2D eigenvalue weighted by Gasteiger charge is 2.49. The summed E-state index contributed by atoms with van der Waals surface area (Å²) >= 11 is 6.08. The van der Waals surface area contributed by atoms with Crippen LogP contribution in [0.25, 0.3) is 0 Å². The minimum Gasteiger partial charge on any atom is -0.496 e. The number of carbonyl (C=O) groups excluding carboxylic acids is 2. The van der Waals surface area contributed by atoms with Crippen molar-refractivity contribution < 1.29 is 19.1 Å². The Kier molecular flexibility index (Phi) is 5.96. The Labute approximate surface area is 165 Å². The van der Waals surface area contributed by atoms with Crippen molar-refractivity contribution >= 4 is 23.4 Å². The van der Waals surface area contributed by atoms with Crippen LogP contribution in [-0.2, 0) is 9.53 Å². The zero-order valence-electron chi connectivity index (χ0n) is 16.2. The van der Waals surface area contributed by atoms with Crippen molar-refractivity contribution in [1.82, 2.24) is 9.80 Å². The SMILES string of the molecule is COCC1CN(C(C)=O)CC12CCN(C(=O)c1cc(Cl)ccc1OC)CC2. The number of piperidine rings is 1. The van der Waals surface area contributed by atoms with Gasteiger partial charge < -0.3 is 19.3 Å². The number of likely N-dealkylation sites (tertiary alicyclic amines) is 2. The largest absolute Gasteiger partial charge is 0.496 e. The lowest BCUT2D eigenvalue weighted by atomic mass is 9.71. The first-order chi connectivity index (χ1) is 12.9. The number of halogens is 1. The maximum atomic E-state index is 13.0. The first-order valence-electron chi connectivity index (χ1n) is 9.27. The second kappa shape index (κ2) is 8.07. The highest BCUT2D eigenvalue weighted by Crippen LogP contribution is 2.45. The zero-order valence-corrected chi connectivity index (χ0v) is 16.9. The lowest BCUT2D eigenvalue weighted by Crippen LogP contribution is -2.47. The number of methoxy groups -OCH3 is 2. The van der Waals surface area contributed by atoms with Gasteiger partial charge in [0.25, 0.3) is 5.91 Å². The van der Waals surface area contributed by atoms with Crippen LogP contribution < -0.4 is 4.74 Å². The summed E-state index contributed by atoms with van der Waals surface area (Å²) in [6, 6.07) is 5.10. The van der Waals surface area contributed by atoms with Gasteiger partial charge in [0.2, 0.25) is 5.91 Å². The molecule has 148 valence electrons. The molecule has 7 heteroatoms. The summed E-state index contributed by atoms with van der Waals surface area (Å²) in [5.74, 6) is 0.888. The van der Waals surface area contributed by atoms with E-state index in [0.717, 1.165) is 25.9 Å². The van der Waals surface area contributed by atoms with E-state index in [-0.39, 0.29) is 17.2 Å². The molecule has 0 aromatic heterocycles. The van der Waals surface area contributed by atoms with E-state index >= 15 is 0 Å². The Balaban J connectivity index is 1.73. The van der Waals surface area contributed by atoms with E-state index < -0.39 is 0 Å². The number of nitrogens with zero attached hydrogens (tertiary/aromatic N) is 2. The third kappa shape index (κ3) is 3.92. The molecule has 1 spiro atoms. The normalized spacial score (nSPS) is 21.6. The van der Waals surface area contributed by atoms with Crippen LogP contribution in [0.4, 0.5) is 0 Å². The van der Waals surface area contributed by atoms with Crippen molar-refractivity contribution in [3.63, 3.8) is 0 Å². The van der Waals surface area contributed by atoms with Crippen molar-refractivity contribution in [2.24, 2.45) is 11.3 Å². The van der Waals surface area contributed by atoms with Crippen LogP contribution >= 0.6 is 11.6 Å². The molecular weight excluding hydrogens is 368 g/mol. The van der Waals surface area contributed by atoms with Crippen LogP contribution in [0.2, 0.25) is 5.02 Å². The molecule has 2 heterocycles. The molecule has 2 aliphatic heterocycles. The molecule has 1 unspecified atom stereocenters. The molecule has 1 aromatic rings. The van der Waals surface area contributed by atoms with Gasteiger partial charge in [0.05, 0.1) is 19.3 Å². The minimum atomic E-state index is -0.0612. The third-order valence-electron chi connectivity index (χ3n) is 6.06. The van der Waals surface area contributed by atoms with Gasteiger partial charge in [-0.25, -0.2) is 0 Å². The molecule has 0 saturated carbocycles.